The minimum Gasteiger partial charge on any atom is -0.489 e. The van der Waals surface area contributed by atoms with Crippen LogP contribution in [0.2, 0.25) is 5.02 Å². The van der Waals surface area contributed by atoms with Crippen LogP contribution in [-0.4, -0.2) is 9.55 Å². The molecule has 0 atom stereocenters. The zero-order valence-corrected chi connectivity index (χ0v) is 11.6. The van der Waals surface area contributed by atoms with Crippen LogP contribution in [0.25, 0.3) is 11.0 Å². The van der Waals surface area contributed by atoms with Gasteiger partial charge in [-0.2, -0.15) is 0 Å². The van der Waals surface area contributed by atoms with Gasteiger partial charge in [-0.3, -0.25) is 4.57 Å². The molecule has 102 valence electrons. The van der Waals surface area contributed by atoms with Gasteiger partial charge in [0.2, 0.25) is 0 Å². The van der Waals surface area contributed by atoms with Gasteiger partial charge in [0.1, 0.15) is 12.4 Å². The molecule has 1 heterocycles. The Bertz CT molecular complexity index is 820. The van der Waals surface area contributed by atoms with Crippen LogP contribution >= 0.6 is 11.6 Å². The average molecular weight is 289 g/mol. The molecule has 2 aromatic carbocycles. The van der Waals surface area contributed by atoms with Gasteiger partial charge in [0, 0.05) is 18.1 Å². The summed E-state index contributed by atoms with van der Waals surface area (Å²) >= 11 is 5.93. The van der Waals surface area contributed by atoms with E-state index < -0.39 is 0 Å². The maximum atomic E-state index is 11.5. The summed E-state index contributed by atoms with van der Waals surface area (Å²) in [5.41, 5.74) is 2.48. The summed E-state index contributed by atoms with van der Waals surface area (Å²) in [6.45, 7) is 0.435. The molecule has 3 rings (SSSR count). The van der Waals surface area contributed by atoms with E-state index in [2.05, 4.69) is 4.98 Å². The van der Waals surface area contributed by atoms with Gasteiger partial charge >= 0.3 is 5.69 Å². The Labute approximate surface area is 120 Å². The fourth-order valence-electron chi connectivity index (χ4n) is 2.09. The molecule has 0 spiro atoms. The molecule has 0 saturated carbocycles. The van der Waals surface area contributed by atoms with Crippen LogP contribution in [0.5, 0.6) is 5.75 Å². The third-order valence-corrected chi connectivity index (χ3v) is 3.41. The summed E-state index contributed by atoms with van der Waals surface area (Å²) in [5, 5.41) is 0.689. The fourth-order valence-corrected chi connectivity index (χ4v) is 2.30. The second-order valence-electron chi connectivity index (χ2n) is 4.59. The number of aryl methyl sites for hydroxylation is 1. The lowest BCUT2D eigenvalue weighted by atomic mass is 10.2. The number of aromatic nitrogens is 2. The molecule has 0 aliphatic heterocycles. The van der Waals surface area contributed by atoms with Gasteiger partial charge in [0.25, 0.3) is 0 Å². The van der Waals surface area contributed by atoms with Gasteiger partial charge in [-0.15, -0.1) is 0 Å². The number of hydrogen-bond acceptors (Lipinski definition) is 2. The molecule has 0 fully saturated rings. The molecule has 0 bridgehead atoms. The molecule has 5 heteroatoms. The summed E-state index contributed by atoms with van der Waals surface area (Å²) in [4.78, 5) is 14.3. The zero-order valence-electron chi connectivity index (χ0n) is 10.9. The predicted octanol–water partition coefficient (Wildman–Crippen LogP) is 3.10. The summed E-state index contributed by atoms with van der Waals surface area (Å²) in [6, 6.07) is 13.1. The minimum atomic E-state index is -0.132. The molecule has 3 aromatic rings. The van der Waals surface area contributed by atoms with E-state index in [1.807, 2.05) is 42.5 Å². The maximum Gasteiger partial charge on any atom is 0.326 e. The lowest BCUT2D eigenvalue weighted by Gasteiger charge is -2.07. The summed E-state index contributed by atoms with van der Waals surface area (Å²) in [7, 11) is 1.72. The Morgan fingerprint density at radius 1 is 1.25 bits per heavy atom. The van der Waals surface area contributed by atoms with Crippen molar-refractivity contribution in [1.82, 2.24) is 9.55 Å². The minimum absolute atomic E-state index is 0.132. The van der Waals surface area contributed by atoms with Crippen LogP contribution in [0.4, 0.5) is 0 Å². The SMILES string of the molecule is Cn1c(=O)[nH]c2ccc(OCc3cccc(Cl)c3)cc21. The normalized spacial score (nSPS) is 10.9. The largest absolute Gasteiger partial charge is 0.489 e. The number of ether oxygens (including phenoxy) is 1. The first-order valence-corrected chi connectivity index (χ1v) is 6.57. The number of rotatable bonds is 3. The van der Waals surface area contributed by atoms with Gasteiger partial charge in [-0.25, -0.2) is 4.79 Å². The lowest BCUT2D eigenvalue weighted by molar-refractivity contribution is 0.306. The molecule has 0 saturated heterocycles. The number of imidazole rings is 1. The molecule has 0 radical (unpaired) electrons. The van der Waals surface area contributed by atoms with E-state index >= 15 is 0 Å². The van der Waals surface area contributed by atoms with Crippen molar-refractivity contribution in [2.24, 2.45) is 7.05 Å². The standard InChI is InChI=1S/C15H13ClN2O2/c1-18-14-8-12(5-6-13(14)17-15(18)19)20-9-10-3-2-4-11(16)7-10/h2-8H,9H2,1H3,(H,17,19). The fraction of sp³-hybridized carbons (Fsp3) is 0.133. The van der Waals surface area contributed by atoms with Crippen molar-refractivity contribution < 1.29 is 4.74 Å². The summed E-state index contributed by atoms with van der Waals surface area (Å²) in [5.74, 6) is 0.715. The summed E-state index contributed by atoms with van der Waals surface area (Å²) < 4.78 is 7.29. The van der Waals surface area contributed by atoms with Crippen molar-refractivity contribution in [2.45, 2.75) is 6.61 Å². The molecular weight excluding hydrogens is 276 g/mol. The predicted molar refractivity (Wildman–Crippen MR) is 79.3 cm³/mol. The molecule has 0 aliphatic carbocycles. The van der Waals surface area contributed by atoms with Crippen LogP contribution < -0.4 is 10.4 Å². The topological polar surface area (TPSA) is 47.0 Å². The van der Waals surface area contributed by atoms with Gasteiger partial charge in [0.05, 0.1) is 11.0 Å². The van der Waals surface area contributed by atoms with Crippen LogP contribution in [0.3, 0.4) is 0 Å². The Hall–Kier alpha value is -2.20. The second kappa shape index (κ2) is 5.06. The summed E-state index contributed by atoms with van der Waals surface area (Å²) in [6.07, 6.45) is 0. The molecule has 20 heavy (non-hydrogen) atoms. The van der Waals surface area contributed by atoms with Crippen molar-refractivity contribution in [3.63, 3.8) is 0 Å². The highest BCUT2D eigenvalue weighted by Crippen LogP contribution is 2.20. The van der Waals surface area contributed by atoms with Crippen LogP contribution in [0.15, 0.2) is 47.3 Å². The van der Waals surface area contributed by atoms with Crippen molar-refractivity contribution in [3.05, 3.63) is 63.5 Å². The van der Waals surface area contributed by atoms with Crippen molar-refractivity contribution in [3.8, 4) is 5.75 Å². The van der Waals surface area contributed by atoms with Crippen molar-refractivity contribution in [1.29, 1.82) is 0 Å². The molecule has 0 aliphatic rings. The first-order valence-electron chi connectivity index (χ1n) is 6.19. The van der Waals surface area contributed by atoms with E-state index in [9.17, 15) is 4.79 Å². The monoisotopic (exact) mass is 288 g/mol. The van der Waals surface area contributed by atoms with Crippen LogP contribution in [0.1, 0.15) is 5.56 Å². The second-order valence-corrected chi connectivity index (χ2v) is 5.02. The quantitative estimate of drug-likeness (QED) is 0.805. The first kappa shape index (κ1) is 12.8. The molecule has 0 amide bonds. The highest BCUT2D eigenvalue weighted by atomic mass is 35.5. The number of benzene rings is 2. The van der Waals surface area contributed by atoms with Crippen molar-refractivity contribution in [2.75, 3.05) is 0 Å². The van der Waals surface area contributed by atoms with E-state index in [1.54, 1.807) is 11.6 Å². The molecule has 4 nitrogen and oxygen atoms in total. The van der Waals surface area contributed by atoms with E-state index in [4.69, 9.17) is 16.3 Å². The third kappa shape index (κ3) is 2.42. The van der Waals surface area contributed by atoms with E-state index in [0.717, 1.165) is 16.6 Å². The van der Waals surface area contributed by atoms with Crippen LogP contribution in [-0.2, 0) is 13.7 Å². The van der Waals surface area contributed by atoms with Gasteiger partial charge in [-0.1, -0.05) is 23.7 Å². The van der Waals surface area contributed by atoms with E-state index in [1.165, 1.54) is 0 Å². The smallest absolute Gasteiger partial charge is 0.326 e. The van der Waals surface area contributed by atoms with Gasteiger partial charge in [-0.05, 0) is 29.8 Å². The third-order valence-electron chi connectivity index (χ3n) is 3.17. The number of halogens is 1. The number of fused-ring (bicyclic) bond motifs is 1. The Morgan fingerprint density at radius 3 is 2.90 bits per heavy atom. The molecule has 1 N–H and O–H groups in total. The number of aromatic amines is 1. The zero-order chi connectivity index (χ0) is 14.1. The highest BCUT2D eigenvalue weighted by molar-refractivity contribution is 6.30. The molecular formula is C15H13ClN2O2. The number of nitrogens with zero attached hydrogens (tertiary/aromatic N) is 1. The van der Waals surface area contributed by atoms with Gasteiger partial charge < -0.3 is 9.72 Å². The number of hydrogen-bond donors (Lipinski definition) is 1. The highest BCUT2D eigenvalue weighted by Gasteiger charge is 2.05. The first-order chi connectivity index (χ1) is 9.63. The number of H-pyrrole nitrogens is 1. The van der Waals surface area contributed by atoms with Gasteiger partial charge in [0.15, 0.2) is 0 Å². The Kier molecular flexibility index (Phi) is 3.24. The Morgan fingerprint density at radius 2 is 2.10 bits per heavy atom. The average Bonchev–Trinajstić information content (AvgIpc) is 2.72. The number of nitrogens with one attached hydrogen (secondary N) is 1. The van der Waals surface area contributed by atoms with Crippen molar-refractivity contribution >= 4 is 22.6 Å². The van der Waals surface area contributed by atoms with E-state index in [0.29, 0.717) is 17.4 Å². The van der Waals surface area contributed by atoms with Crippen LogP contribution in [0, 0.1) is 0 Å². The molecule has 1 aromatic heterocycles. The molecule has 0 unspecified atom stereocenters. The maximum absolute atomic E-state index is 11.5. The Balaban J connectivity index is 1.84. The lowest BCUT2D eigenvalue weighted by Crippen LogP contribution is -2.11. The van der Waals surface area contributed by atoms with E-state index in [-0.39, 0.29) is 5.69 Å².